The maximum absolute atomic E-state index is 12.4. The van der Waals surface area contributed by atoms with Gasteiger partial charge in [-0.3, -0.25) is 0 Å². The number of aromatic nitrogens is 2. The molecule has 0 radical (unpaired) electrons. The van der Waals surface area contributed by atoms with Crippen molar-refractivity contribution in [3.05, 3.63) is 59.9 Å². The van der Waals surface area contributed by atoms with Gasteiger partial charge in [0.15, 0.2) is 0 Å². The van der Waals surface area contributed by atoms with Gasteiger partial charge in [0.2, 0.25) is 10.0 Å². The van der Waals surface area contributed by atoms with E-state index >= 15 is 0 Å². The van der Waals surface area contributed by atoms with Crippen molar-refractivity contribution in [1.82, 2.24) is 14.3 Å². The molecule has 3 aromatic rings. The number of sulfonamides is 1. The molecule has 0 aliphatic carbocycles. The molecule has 2 aromatic heterocycles. The van der Waals surface area contributed by atoms with Crippen LogP contribution < -0.4 is 4.72 Å². The number of hydrogen-bond donors (Lipinski definition) is 1. The van der Waals surface area contributed by atoms with E-state index in [1.54, 1.807) is 18.3 Å². The molecule has 0 aliphatic heterocycles. The predicted molar refractivity (Wildman–Crippen MR) is 100 cm³/mol. The highest BCUT2D eigenvalue weighted by Crippen LogP contribution is 2.20. The highest BCUT2D eigenvalue weighted by molar-refractivity contribution is 7.89. The standard InChI is InChI=1S/C19H20N4O2S/c1-2-11-23-14-16(18-7-4-9-21-19(18)23)8-10-22-26(24,25)17-6-3-5-15(12-17)13-20/h3-7,9,12,14,22H,2,8,10-11H2,1H3. The number of hydrogen-bond acceptors (Lipinski definition) is 4. The van der Waals surface area contributed by atoms with Gasteiger partial charge in [0, 0.05) is 30.9 Å². The first-order valence-electron chi connectivity index (χ1n) is 8.47. The summed E-state index contributed by atoms with van der Waals surface area (Å²) in [4.78, 5) is 4.54. The molecule has 0 bridgehead atoms. The summed E-state index contributed by atoms with van der Waals surface area (Å²) in [6.07, 6.45) is 5.38. The molecular formula is C19H20N4O2S. The predicted octanol–water partition coefficient (Wildman–Crippen LogP) is 2.84. The Balaban J connectivity index is 1.75. The normalized spacial score (nSPS) is 11.5. The first kappa shape index (κ1) is 18.1. The van der Waals surface area contributed by atoms with Crippen molar-refractivity contribution in [2.45, 2.75) is 31.2 Å². The minimum absolute atomic E-state index is 0.103. The molecule has 0 aliphatic rings. The van der Waals surface area contributed by atoms with Gasteiger partial charge in [0.25, 0.3) is 0 Å². The minimum atomic E-state index is -3.64. The van der Waals surface area contributed by atoms with Crippen LogP contribution in [0.3, 0.4) is 0 Å². The van der Waals surface area contributed by atoms with E-state index in [9.17, 15) is 8.42 Å². The summed E-state index contributed by atoms with van der Waals surface area (Å²) in [5.74, 6) is 0. The molecule has 0 spiro atoms. The van der Waals surface area contributed by atoms with Crippen molar-refractivity contribution in [2.24, 2.45) is 0 Å². The number of benzene rings is 1. The van der Waals surface area contributed by atoms with Crippen LogP contribution in [-0.4, -0.2) is 24.5 Å². The van der Waals surface area contributed by atoms with Crippen LogP contribution in [0, 0.1) is 11.3 Å². The average Bonchev–Trinajstić information content (AvgIpc) is 3.00. The van der Waals surface area contributed by atoms with Crippen molar-refractivity contribution < 1.29 is 8.42 Å². The Bertz CT molecular complexity index is 1060. The van der Waals surface area contributed by atoms with E-state index < -0.39 is 10.0 Å². The van der Waals surface area contributed by atoms with Crippen LogP contribution >= 0.6 is 0 Å². The molecule has 0 amide bonds. The van der Waals surface area contributed by atoms with Gasteiger partial charge >= 0.3 is 0 Å². The molecule has 0 atom stereocenters. The van der Waals surface area contributed by atoms with Gasteiger partial charge in [-0.1, -0.05) is 13.0 Å². The SMILES string of the molecule is CCCn1cc(CCNS(=O)(=O)c2cccc(C#N)c2)c2cccnc21. The number of fused-ring (bicyclic) bond motifs is 1. The number of nitrogens with one attached hydrogen (secondary N) is 1. The molecule has 6 nitrogen and oxygen atoms in total. The van der Waals surface area contributed by atoms with Crippen LogP contribution in [0.4, 0.5) is 0 Å². The van der Waals surface area contributed by atoms with Crippen LogP contribution in [0.15, 0.2) is 53.7 Å². The maximum Gasteiger partial charge on any atom is 0.240 e. The molecular weight excluding hydrogens is 348 g/mol. The third-order valence-corrected chi connectivity index (χ3v) is 5.60. The van der Waals surface area contributed by atoms with Gasteiger partial charge in [-0.15, -0.1) is 0 Å². The first-order chi connectivity index (χ1) is 12.5. The zero-order chi connectivity index (χ0) is 18.6. The third-order valence-electron chi connectivity index (χ3n) is 4.14. The fraction of sp³-hybridized carbons (Fsp3) is 0.263. The van der Waals surface area contributed by atoms with Gasteiger partial charge in [-0.2, -0.15) is 5.26 Å². The second-order valence-corrected chi connectivity index (χ2v) is 7.78. The average molecular weight is 368 g/mol. The van der Waals surface area contributed by atoms with E-state index in [1.165, 1.54) is 12.1 Å². The highest BCUT2D eigenvalue weighted by atomic mass is 32.2. The summed E-state index contributed by atoms with van der Waals surface area (Å²) < 4.78 is 29.6. The molecule has 0 saturated carbocycles. The monoisotopic (exact) mass is 368 g/mol. The van der Waals surface area contributed by atoms with Gasteiger partial charge in [0.05, 0.1) is 16.5 Å². The van der Waals surface area contributed by atoms with E-state index in [0.717, 1.165) is 29.6 Å². The van der Waals surface area contributed by atoms with Crippen LogP contribution in [0.5, 0.6) is 0 Å². The Morgan fingerprint density at radius 3 is 2.88 bits per heavy atom. The fourth-order valence-electron chi connectivity index (χ4n) is 2.94. The lowest BCUT2D eigenvalue weighted by molar-refractivity contribution is 0.581. The van der Waals surface area contributed by atoms with Crippen molar-refractivity contribution >= 4 is 21.1 Å². The molecule has 0 saturated heterocycles. The Labute approximate surface area is 153 Å². The van der Waals surface area contributed by atoms with Crippen molar-refractivity contribution in [2.75, 3.05) is 6.54 Å². The summed E-state index contributed by atoms with van der Waals surface area (Å²) in [6, 6.07) is 11.9. The maximum atomic E-state index is 12.4. The lowest BCUT2D eigenvalue weighted by atomic mass is 10.2. The van der Waals surface area contributed by atoms with Gasteiger partial charge in [0.1, 0.15) is 5.65 Å². The summed E-state index contributed by atoms with van der Waals surface area (Å²) in [7, 11) is -3.64. The summed E-state index contributed by atoms with van der Waals surface area (Å²) in [5.41, 5.74) is 2.31. The van der Waals surface area contributed by atoms with Crippen molar-refractivity contribution in [1.29, 1.82) is 5.26 Å². The molecule has 1 N–H and O–H groups in total. The number of rotatable bonds is 7. The van der Waals surface area contributed by atoms with E-state index in [2.05, 4.69) is 21.2 Å². The smallest absolute Gasteiger partial charge is 0.240 e. The van der Waals surface area contributed by atoms with Crippen LogP contribution in [0.1, 0.15) is 24.5 Å². The number of aryl methyl sites for hydroxylation is 1. The van der Waals surface area contributed by atoms with Gasteiger partial charge in [-0.25, -0.2) is 18.1 Å². The minimum Gasteiger partial charge on any atom is -0.332 e. The molecule has 0 fully saturated rings. The largest absolute Gasteiger partial charge is 0.332 e. The van der Waals surface area contributed by atoms with Crippen molar-refractivity contribution in [3.8, 4) is 6.07 Å². The van der Waals surface area contributed by atoms with Gasteiger partial charge in [-0.05, 0) is 48.7 Å². The quantitative estimate of drug-likeness (QED) is 0.694. The Morgan fingerprint density at radius 2 is 2.12 bits per heavy atom. The number of nitrogens with zero attached hydrogens (tertiary/aromatic N) is 3. The molecule has 2 heterocycles. The number of nitriles is 1. The molecule has 1 aromatic carbocycles. The summed E-state index contributed by atoms with van der Waals surface area (Å²) in [5, 5.41) is 9.97. The zero-order valence-corrected chi connectivity index (χ0v) is 15.3. The third kappa shape index (κ3) is 3.77. The van der Waals surface area contributed by atoms with Crippen LogP contribution in [-0.2, 0) is 23.0 Å². The topological polar surface area (TPSA) is 87.8 Å². The van der Waals surface area contributed by atoms with E-state index in [-0.39, 0.29) is 11.4 Å². The first-order valence-corrected chi connectivity index (χ1v) is 9.96. The lowest BCUT2D eigenvalue weighted by Crippen LogP contribution is -2.26. The Morgan fingerprint density at radius 1 is 1.27 bits per heavy atom. The Hall–Kier alpha value is -2.69. The second kappa shape index (κ2) is 7.68. The molecule has 134 valence electrons. The Kier molecular flexibility index (Phi) is 5.35. The van der Waals surface area contributed by atoms with Crippen LogP contribution in [0.25, 0.3) is 11.0 Å². The van der Waals surface area contributed by atoms with E-state index in [1.807, 2.05) is 24.4 Å². The zero-order valence-electron chi connectivity index (χ0n) is 14.5. The van der Waals surface area contributed by atoms with Crippen LogP contribution in [0.2, 0.25) is 0 Å². The van der Waals surface area contributed by atoms with Crippen molar-refractivity contribution in [3.63, 3.8) is 0 Å². The van der Waals surface area contributed by atoms with E-state index in [0.29, 0.717) is 12.0 Å². The van der Waals surface area contributed by atoms with E-state index in [4.69, 9.17) is 5.26 Å². The molecule has 3 rings (SSSR count). The molecule has 7 heteroatoms. The molecule has 26 heavy (non-hydrogen) atoms. The summed E-state index contributed by atoms with van der Waals surface area (Å²) >= 11 is 0. The van der Waals surface area contributed by atoms with Gasteiger partial charge < -0.3 is 4.57 Å². The number of pyridine rings is 1. The fourth-order valence-corrected chi connectivity index (χ4v) is 4.02. The summed E-state index contributed by atoms with van der Waals surface area (Å²) in [6.45, 7) is 3.26. The highest BCUT2D eigenvalue weighted by Gasteiger charge is 2.15. The molecule has 0 unspecified atom stereocenters. The second-order valence-electron chi connectivity index (χ2n) is 6.01. The lowest BCUT2D eigenvalue weighted by Gasteiger charge is -2.06.